The van der Waals surface area contributed by atoms with Crippen molar-refractivity contribution in [3.8, 4) is 0 Å². The highest BCUT2D eigenvalue weighted by Gasteiger charge is 2.25. The first kappa shape index (κ1) is 21.1. The fourth-order valence-electron chi connectivity index (χ4n) is 4.46. The summed E-state index contributed by atoms with van der Waals surface area (Å²) in [6, 6.07) is 11.2. The Labute approximate surface area is 171 Å². The predicted molar refractivity (Wildman–Crippen MR) is 117 cm³/mol. The van der Waals surface area contributed by atoms with Crippen LogP contribution in [0.2, 0.25) is 0 Å². The van der Waals surface area contributed by atoms with Crippen molar-refractivity contribution in [3.05, 3.63) is 35.9 Å². The van der Waals surface area contributed by atoms with Crippen molar-refractivity contribution in [1.82, 2.24) is 15.1 Å². The molecule has 3 rings (SSSR count). The molecule has 1 N–H and O–H groups in total. The molecule has 5 heteroatoms. The number of hydrogen-bond donors (Lipinski definition) is 1. The minimum Gasteiger partial charge on any atom is -0.376 e. The summed E-state index contributed by atoms with van der Waals surface area (Å²) in [6.07, 6.45) is 8.11. The fraction of sp³-hybridized carbons (Fsp3) is 0.696. The summed E-state index contributed by atoms with van der Waals surface area (Å²) in [7, 11) is 4.17. The molecule has 0 radical (unpaired) electrons. The molecular weight excluding hydrogens is 348 g/mol. The number of benzene rings is 1. The van der Waals surface area contributed by atoms with Crippen LogP contribution >= 0.6 is 0 Å². The lowest BCUT2D eigenvalue weighted by Gasteiger charge is -2.31. The maximum atomic E-state index is 5.95. The van der Waals surface area contributed by atoms with Gasteiger partial charge in [-0.1, -0.05) is 49.6 Å². The normalized spacial score (nSPS) is 21.5. The van der Waals surface area contributed by atoms with Crippen molar-refractivity contribution < 1.29 is 4.74 Å². The van der Waals surface area contributed by atoms with Gasteiger partial charge in [0.05, 0.1) is 13.2 Å². The number of nitrogens with one attached hydrogen (secondary N) is 1. The quantitative estimate of drug-likeness (QED) is 0.549. The Bertz CT molecular complexity index is 586. The minimum absolute atomic E-state index is 0.590. The number of guanidine groups is 1. The number of nitrogens with zero attached hydrogens (tertiary/aromatic N) is 3. The van der Waals surface area contributed by atoms with Gasteiger partial charge in [0.25, 0.3) is 0 Å². The van der Waals surface area contributed by atoms with Crippen LogP contribution in [-0.4, -0.2) is 68.7 Å². The van der Waals surface area contributed by atoms with Gasteiger partial charge in [-0.05, 0) is 31.9 Å². The van der Waals surface area contributed by atoms with Gasteiger partial charge in [0.15, 0.2) is 5.96 Å². The number of hydrogen-bond acceptors (Lipinski definition) is 3. The Hall–Kier alpha value is -1.59. The molecule has 1 atom stereocenters. The van der Waals surface area contributed by atoms with Crippen LogP contribution in [0.1, 0.15) is 44.1 Å². The highest BCUT2D eigenvalue weighted by Crippen LogP contribution is 2.21. The third-order valence-electron chi connectivity index (χ3n) is 6.21. The van der Waals surface area contributed by atoms with Crippen molar-refractivity contribution in [1.29, 1.82) is 0 Å². The first-order valence-electron chi connectivity index (χ1n) is 11.0. The van der Waals surface area contributed by atoms with Crippen LogP contribution in [0, 0.1) is 5.92 Å². The molecule has 1 aliphatic heterocycles. The highest BCUT2D eigenvalue weighted by molar-refractivity contribution is 5.80. The van der Waals surface area contributed by atoms with Crippen LogP contribution in [0.25, 0.3) is 0 Å². The van der Waals surface area contributed by atoms with Crippen molar-refractivity contribution >= 4 is 5.96 Å². The van der Waals surface area contributed by atoms with Gasteiger partial charge in [-0.25, -0.2) is 0 Å². The van der Waals surface area contributed by atoms with Gasteiger partial charge in [-0.2, -0.15) is 0 Å². The Morgan fingerprint density at radius 2 is 1.96 bits per heavy atom. The van der Waals surface area contributed by atoms with Crippen molar-refractivity contribution in [2.24, 2.45) is 10.9 Å². The highest BCUT2D eigenvalue weighted by atomic mass is 16.5. The molecule has 0 aromatic heterocycles. The van der Waals surface area contributed by atoms with Crippen LogP contribution in [-0.2, 0) is 11.3 Å². The molecule has 0 spiro atoms. The first-order valence-corrected chi connectivity index (χ1v) is 11.0. The summed E-state index contributed by atoms with van der Waals surface area (Å²) < 4.78 is 5.95. The summed E-state index contributed by atoms with van der Waals surface area (Å²) in [5, 5.41) is 3.58. The van der Waals surface area contributed by atoms with E-state index in [0.717, 1.165) is 44.8 Å². The van der Waals surface area contributed by atoms with Crippen LogP contribution in [0.15, 0.2) is 35.3 Å². The molecule has 1 aliphatic carbocycles. The van der Waals surface area contributed by atoms with Crippen molar-refractivity contribution in [2.75, 3.05) is 46.9 Å². The van der Waals surface area contributed by atoms with E-state index in [1.807, 2.05) is 13.1 Å². The molecule has 28 heavy (non-hydrogen) atoms. The SMILES string of the molecule is CN=C(NCCN(C)C1CCCCC1)N1CCC(COCc2ccccc2)C1. The summed E-state index contributed by atoms with van der Waals surface area (Å²) >= 11 is 0. The maximum absolute atomic E-state index is 5.95. The van der Waals surface area contributed by atoms with E-state index in [1.54, 1.807) is 0 Å². The molecule has 5 nitrogen and oxygen atoms in total. The molecule has 2 aliphatic rings. The average Bonchev–Trinajstić information content (AvgIpc) is 3.21. The van der Waals surface area contributed by atoms with E-state index in [1.165, 1.54) is 44.1 Å². The largest absolute Gasteiger partial charge is 0.376 e. The standard InChI is InChI=1S/C23H38N4O/c1-24-23(25-14-16-26(2)22-11-7-4-8-12-22)27-15-13-21(17-27)19-28-18-20-9-5-3-6-10-20/h3,5-6,9-10,21-22H,4,7-8,11-19H2,1-2H3,(H,24,25). The molecule has 1 aromatic rings. The number of likely N-dealkylation sites (N-methyl/N-ethyl adjacent to an activating group) is 1. The summed E-state index contributed by atoms with van der Waals surface area (Å²) in [5.74, 6) is 1.63. The minimum atomic E-state index is 0.590. The molecule has 1 aromatic carbocycles. The van der Waals surface area contributed by atoms with E-state index in [-0.39, 0.29) is 0 Å². The lowest BCUT2D eigenvalue weighted by Crippen LogP contribution is -2.44. The molecule has 1 heterocycles. The zero-order valence-corrected chi connectivity index (χ0v) is 17.8. The molecule has 0 amide bonds. The van der Waals surface area contributed by atoms with Crippen molar-refractivity contribution in [2.45, 2.75) is 51.2 Å². The van der Waals surface area contributed by atoms with Crippen LogP contribution < -0.4 is 5.32 Å². The molecular formula is C23H38N4O. The van der Waals surface area contributed by atoms with Gasteiger partial charge in [0, 0.05) is 45.2 Å². The van der Waals surface area contributed by atoms with Gasteiger partial charge in [0.1, 0.15) is 0 Å². The molecule has 2 fully saturated rings. The Morgan fingerprint density at radius 3 is 2.71 bits per heavy atom. The molecule has 0 bridgehead atoms. The fourth-order valence-corrected chi connectivity index (χ4v) is 4.46. The summed E-state index contributed by atoms with van der Waals surface area (Å²) in [5.41, 5.74) is 1.25. The van der Waals surface area contributed by atoms with Gasteiger partial charge >= 0.3 is 0 Å². The molecule has 156 valence electrons. The third kappa shape index (κ3) is 6.49. The van der Waals surface area contributed by atoms with Crippen LogP contribution in [0.5, 0.6) is 0 Å². The molecule has 1 saturated carbocycles. The van der Waals surface area contributed by atoms with Gasteiger partial charge in [-0.15, -0.1) is 0 Å². The number of likely N-dealkylation sites (tertiary alicyclic amines) is 1. The van der Waals surface area contributed by atoms with Crippen LogP contribution in [0.4, 0.5) is 0 Å². The van der Waals surface area contributed by atoms with E-state index in [9.17, 15) is 0 Å². The Morgan fingerprint density at radius 1 is 1.18 bits per heavy atom. The number of aliphatic imine (C=N–C) groups is 1. The zero-order valence-electron chi connectivity index (χ0n) is 17.8. The third-order valence-corrected chi connectivity index (χ3v) is 6.21. The van der Waals surface area contributed by atoms with E-state index in [4.69, 9.17) is 4.74 Å². The lowest BCUT2D eigenvalue weighted by molar-refractivity contribution is 0.0906. The Kier molecular flexibility index (Phi) is 8.62. The summed E-state index contributed by atoms with van der Waals surface area (Å²) in [4.78, 5) is 9.43. The number of ether oxygens (including phenoxy) is 1. The Balaban J connectivity index is 1.33. The zero-order chi connectivity index (χ0) is 19.6. The van der Waals surface area contributed by atoms with E-state index in [2.05, 4.69) is 51.4 Å². The van der Waals surface area contributed by atoms with Gasteiger partial charge in [-0.3, -0.25) is 4.99 Å². The summed E-state index contributed by atoms with van der Waals surface area (Å²) in [6.45, 7) is 5.68. The maximum Gasteiger partial charge on any atom is 0.193 e. The van der Waals surface area contributed by atoms with E-state index < -0.39 is 0 Å². The second kappa shape index (κ2) is 11.4. The molecule has 1 unspecified atom stereocenters. The number of rotatable bonds is 8. The second-order valence-electron chi connectivity index (χ2n) is 8.35. The van der Waals surface area contributed by atoms with E-state index >= 15 is 0 Å². The first-order chi connectivity index (χ1) is 13.8. The van der Waals surface area contributed by atoms with E-state index in [0.29, 0.717) is 12.5 Å². The average molecular weight is 387 g/mol. The molecule has 1 saturated heterocycles. The smallest absolute Gasteiger partial charge is 0.193 e. The van der Waals surface area contributed by atoms with Crippen molar-refractivity contribution in [3.63, 3.8) is 0 Å². The monoisotopic (exact) mass is 386 g/mol. The van der Waals surface area contributed by atoms with Crippen LogP contribution in [0.3, 0.4) is 0 Å². The second-order valence-corrected chi connectivity index (χ2v) is 8.35. The van der Waals surface area contributed by atoms with Gasteiger partial charge < -0.3 is 19.9 Å². The van der Waals surface area contributed by atoms with Gasteiger partial charge in [0.2, 0.25) is 0 Å². The lowest BCUT2D eigenvalue weighted by atomic mass is 9.94. The predicted octanol–water partition coefficient (Wildman–Crippen LogP) is 3.37. The topological polar surface area (TPSA) is 40.1 Å².